The average molecular weight is 241 g/mol. The normalized spacial score (nSPS) is 25.1. The summed E-state index contributed by atoms with van der Waals surface area (Å²) in [6.07, 6.45) is 2.45. The van der Waals surface area contributed by atoms with Gasteiger partial charge in [-0.2, -0.15) is 0 Å². The van der Waals surface area contributed by atoms with E-state index in [9.17, 15) is 4.79 Å². The molecule has 2 atom stereocenters. The molecule has 0 N–H and O–H groups in total. The summed E-state index contributed by atoms with van der Waals surface area (Å²) in [4.78, 5) is 11.5. The number of nitrogens with zero attached hydrogens (tertiary/aromatic N) is 3. The molecule has 5 nitrogen and oxygen atoms in total. The van der Waals surface area contributed by atoms with E-state index in [4.69, 9.17) is 4.74 Å². The molecule has 0 saturated carbocycles. The quantitative estimate of drug-likeness (QED) is 0.753. The Bertz CT molecular complexity index is 391. The molecular weight excluding hydrogens is 226 g/mol. The van der Waals surface area contributed by atoms with Gasteiger partial charge in [-0.3, -0.25) is 4.79 Å². The maximum absolute atomic E-state index is 11.5. The molecule has 2 heterocycles. The molecule has 1 aromatic heterocycles. The van der Waals surface area contributed by atoms with Crippen LogP contribution in [-0.4, -0.2) is 32.1 Å². The lowest BCUT2D eigenvalue weighted by atomic mass is 10.3. The summed E-state index contributed by atoms with van der Waals surface area (Å²) in [6, 6.07) is 0.298. The molecule has 2 rings (SSSR count). The Hall–Kier alpha value is -1.04. The fraction of sp³-hybridized carbons (Fsp3) is 0.700. The van der Waals surface area contributed by atoms with Gasteiger partial charge in [0.05, 0.1) is 0 Å². The number of carbonyl (C=O) groups is 1. The standard InChI is InChI=1S/C10H15N3O2S/c1-6(2)13-5-11-12-10(13)16-8-4-7(3)15-9(8)14/h5-8H,4H2,1-3H3. The molecule has 0 amide bonds. The minimum atomic E-state index is -0.143. The van der Waals surface area contributed by atoms with Crippen molar-refractivity contribution in [2.45, 2.75) is 49.7 Å². The van der Waals surface area contributed by atoms with Crippen molar-refractivity contribution in [1.29, 1.82) is 0 Å². The summed E-state index contributed by atoms with van der Waals surface area (Å²) < 4.78 is 7.06. The van der Waals surface area contributed by atoms with Gasteiger partial charge in [-0.25, -0.2) is 0 Å². The van der Waals surface area contributed by atoms with E-state index in [0.717, 1.165) is 11.6 Å². The zero-order chi connectivity index (χ0) is 11.7. The maximum atomic E-state index is 11.5. The third-order valence-electron chi connectivity index (χ3n) is 2.47. The van der Waals surface area contributed by atoms with Crippen molar-refractivity contribution in [3.8, 4) is 0 Å². The fourth-order valence-electron chi connectivity index (χ4n) is 1.61. The Labute approximate surface area is 98.6 Å². The third-order valence-corrected chi connectivity index (χ3v) is 3.64. The van der Waals surface area contributed by atoms with Crippen molar-refractivity contribution >= 4 is 17.7 Å². The first kappa shape index (κ1) is 11.4. The summed E-state index contributed by atoms with van der Waals surface area (Å²) in [6.45, 7) is 6.03. The molecule has 1 aliphatic heterocycles. The van der Waals surface area contributed by atoms with E-state index in [0.29, 0.717) is 6.04 Å². The largest absolute Gasteiger partial charge is 0.462 e. The summed E-state index contributed by atoms with van der Waals surface area (Å²) in [5.74, 6) is -0.143. The molecular formula is C10H15N3O2S. The molecule has 2 unspecified atom stereocenters. The van der Waals surface area contributed by atoms with Crippen LogP contribution in [0.25, 0.3) is 0 Å². The van der Waals surface area contributed by atoms with Crippen LogP contribution < -0.4 is 0 Å². The fourth-order valence-corrected chi connectivity index (χ4v) is 2.86. The van der Waals surface area contributed by atoms with Crippen LogP contribution in [0.1, 0.15) is 33.2 Å². The number of esters is 1. The van der Waals surface area contributed by atoms with Gasteiger partial charge in [0.15, 0.2) is 5.16 Å². The van der Waals surface area contributed by atoms with E-state index in [-0.39, 0.29) is 17.3 Å². The lowest BCUT2D eigenvalue weighted by molar-refractivity contribution is -0.140. The second-order valence-electron chi connectivity index (χ2n) is 4.20. The summed E-state index contributed by atoms with van der Waals surface area (Å²) in [7, 11) is 0. The van der Waals surface area contributed by atoms with Crippen LogP contribution in [0.5, 0.6) is 0 Å². The monoisotopic (exact) mass is 241 g/mol. The second kappa shape index (κ2) is 4.45. The molecule has 0 aromatic carbocycles. The predicted octanol–water partition coefficient (Wildman–Crippen LogP) is 1.66. The van der Waals surface area contributed by atoms with Gasteiger partial charge < -0.3 is 9.30 Å². The first-order chi connectivity index (χ1) is 7.58. The number of rotatable bonds is 3. The SMILES string of the molecule is CC1CC(Sc2nncn2C(C)C)C(=O)O1. The molecule has 0 spiro atoms. The lowest BCUT2D eigenvalue weighted by Crippen LogP contribution is -2.11. The van der Waals surface area contributed by atoms with Crippen LogP contribution in [0, 0.1) is 0 Å². The predicted molar refractivity (Wildman–Crippen MR) is 60.2 cm³/mol. The number of hydrogen-bond donors (Lipinski definition) is 0. The molecule has 0 radical (unpaired) electrons. The number of thioether (sulfide) groups is 1. The molecule has 6 heteroatoms. The van der Waals surface area contributed by atoms with E-state index in [1.54, 1.807) is 6.33 Å². The first-order valence-electron chi connectivity index (χ1n) is 5.34. The van der Waals surface area contributed by atoms with Crippen LogP contribution in [0.4, 0.5) is 0 Å². The van der Waals surface area contributed by atoms with E-state index < -0.39 is 0 Å². The van der Waals surface area contributed by atoms with E-state index in [2.05, 4.69) is 24.0 Å². The van der Waals surface area contributed by atoms with Gasteiger partial charge in [-0.15, -0.1) is 10.2 Å². The van der Waals surface area contributed by atoms with E-state index in [1.165, 1.54) is 11.8 Å². The van der Waals surface area contributed by atoms with Crippen molar-refractivity contribution < 1.29 is 9.53 Å². The van der Waals surface area contributed by atoms with Gasteiger partial charge in [0.1, 0.15) is 17.7 Å². The van der Waals surface area contributed by atoms with Gasteiger partial charge in [-0.05, 0) is 20.8 Å². The molecule has 1 fully saturated rings. The molecule has 1 aliphatic rings. The highest BCUT2D eigenvalue weighted by Crippen LogP contribution is 2.31. The molecule has 1 saturated heterocycles. The van der Waals surface area contributed by atoms with Crippen LogP contribution in [0.15, 0.2) is 11.5 Å². The third kappa shape index (κ3) is 2.21. The van der Waals surface area contributed by atoms with Crippen molar-refractivity contribution in [3.05, 3.63) is 6.33 Å². The lowest BCUT2D eigenvalue weighted by Gasteiger charge is -2.10. The van der Waals surface area contributed by atoms with Gasteiger partial charge in [0, 0.05) is 12.5 Å². The molecule has 16 heavy (non-hydrogen) atoms. The zero-order valence-corrected chi connectivity index (χ0v) is 10.4. The Morgan fingerprint density at radius 2 is 2.38 bits per heavy atom. The summed E-state index contributed by atoms with van der Waals surface area (Å²) >= 11 is 1.44. The van der Waals surface area contributed by atoms with Crippen LogP contribution in [-0.2, 0) is 9.53 Å². The van der Waals surface area contributed by atoms with Crippen molar-refractivity contribution in [3.63, 3.8) is 0 Å². The van der Waals surface area contributed by atoms with Crippen LogP contribution >= 0.6 is 11.8 Å². The van der Waals surface area contributed by atoms with Crippen molar-refractivity contribution in [1.82, 2.24) is 14.8 Å². The van der Waals surface area contributed by atoms with Gasteiger partial charge in [0.2, 0.25) is 0 Å². The number of hydrogen-bond acceptors (Lipinski definition) is 5. The van der Waals surface area contributed by atoms with Crippen molar-refractivity contribution in [2.75, 3.05) is 0 Å². The van der Waals surface area contributed by atoms with Gasteiger partial charge >= 0.3 is 5.97 Å². The highest BCUT2D eigenvalue weighted by Gasteiger charge is 2.33. The number of aromatic nitrogens is 3. The highest BCUT2D eigenvalue weighted by atomic mass is 32.2. The number of carbonyl (C=O) groups excluding carboxylic acids is 1. The minimum absolute atomic E-state index is 0.0143. The first-order valence-corrected chi connectivity index (χ1v) is 6.22. The smallest absolute Gasteiger partial charge is 0.319 e. The second-order valence-corrected chi connectivity index (χ2v) is 5.37. The summed E-state index contributed by atoms with van der Waals surface area (Å²) in [5.41, 5.74) is 0. The molecule has 1 aromatic rings. The maximum Gasteiger partial charge on any atom is 0.319 e. The number of ether oxygens (including phenoxy) is 1. The highest BCUT2D eigenvalue weighted by molar-refractivity contribution is 8.00. The summed E-state index contributed by atoms with van der Waals surface area (Å²) in [5, 5.41) is 8.54. The Kier molecular flexibility index (Phi) is 3.18. The van der Waals surface area contributed by atoms with Crippen molar-refractivity contribution in [2.24, 2.45) is 0 Å². The molecule has 0 bridgehead atoms. The average Bonchev–Trinajstić information content (AvgIpc) is 2.75. The Morgan fingerprint density at radius 1 is 1.62 bits per heavy atom. The van der Waals surface area contributed by atoms with Crippen LogP contribution in [0.2, 0.25) is 0 Å². The molecule has 0 aliphatic carbocycles. The number of cyclic esters (lactones) is 1. The van der Waals surface area contributed by atoms with E-state index in [1.807, 2.05) is 11.5 Å². The zero-order valence-electron chi connectivity index (χ0n) is 9.58. The van der Waals surface area contributed by atoms with Crippen LogP contribution in [0.3, 0.4) is 0 Å². The van der Waals surface area contributed by atoms with Gasteiger partial charge in [-0.1, -0.05) is 11.8 Å². The Balaban J connectivity index is 2.09. The molecule has 88 valence electrons. The minimum Gasteiger partial charge on any atom is -0.462 e. The van der Waals surface area contributed by atoms with Gasteiger partial charge in [0.25, 0.3) is 0 Å². The Morgan fingerprint density at radius 3 is 2.94 bits per heavy atom. The van der Waals surface area contributed by atoms with E-state index >= 15 is 0 Å². The topological polar surface area (TPSA) is 57.0 Å².